The monoisotopic (exact) mass is 378 g/mol. The van der Waals surface area contributed by atoms with E-state index in [1.165, 1.54) is 5.69 Å². The predicted octanol–water partition coefficient (Wildman–Crippen LogP) is 3.44. The van der Waals surface area contributed by atoms with E-state index in [0.29, 0.717) is 5.69 Å². The van der Waals surface area contributed by atoms with E-state index in [1.807, 2.05) is 35.7 Å². The lowest BCUT2D eigenvalue weighted by molar-refractivity contribution is -0.00522. The molecule has 6 heteroatoms. The van der Waals surface area contributed by atoms with E-state index in [1.54, 1.807) is 6.20 Å². The number of hydrogen-bond donors (Lipinski definition) is 1. The van der Waals surface area contributed by atoms with Gasteiger partial charge in [-0.05, 0) is 50.6 Å². The summed E-state index contributed by atoms with van der Waals surface area (Å²) in [5.74, 6) is -0.170. The molecule has 4 rings (SSSR count). The molecule has 6 nitrogen and oxygen atoms in total. The highest BCUT2D eigenvalue weighted by Gasteiger charge is 2.22. The summed E-state index contributed by atoms with van der Waals surface area (Å²) in [7, 11) is 0. The number of nitrogens with zero attached hydrogens (tertiary/aromatic N) is 3. The van der Waals surface area contributed by atoms with E-state index in [4.69, 9.17) is 4.74 Å². The van der Waals surface area contributed by atoms with Crippen LogP contribution >= 0.6 is 0 Å². The Kier molecular flexibility index (Phi) is 5.05. The van der Waals surface area contributed by atoms with Crippen molar-refractivity contribution in [3.8, 4) is 0 Å². The zero-order valence-electron chi connectivity index (χ0n) is 16.5. The molecular weight excluding hydrogens is 352 g/mol. The van der Waals surface area contributed by atoms with Crippen molar-refractivity contribution in [3.05, 3.63) is 66.1 Å². The fraction of sp³-hybridized carbons (Fsp3) is 0.364. The van der Waals surface area contributed by atoms with Crippen LogP contribution < -0.4 is 10.2 Å². The van der Waals surface area contributed by atoms with Gasteiger partial charge >= 0.3 is 0 Å². The number of nitrogens with one attached hydrogen (secondary N) is 1. The number of aromatic nitrogens is 2. The Hall–Kier alpha value is -2.86. The molecule has 0 spiro atoms. The molecule has 0 saturated carbocycles. The molecule has 0 bridgehead atoms. The second kappa shape index (κ2) is 7.64. The minimum atomic E-state index is -0.170. The molecule has 146 valence electrons. The van der Waals surface area contributed by atoms with Gasteiger partial charge in [-0.2, -0.15) is 0 Å². The Balaban J connectivity index is 1.43. The molecule has 2 aromatic heterocycles. The molecule has 0 radical (unpaired) electrons. The molecule has 0 unspecified atom stereocenters. The predicted molar refractivity (Wildman–Crippen MR) is 110 cm³/mol. The van der Waals surface area contributed by atoms with Gasteiger partial charge in [-0.1, -0.05) is 18.2 Å². The normalized spacial score (nSPS) is 20.9. The molecule has 1 N–H and O–H groups in total. The van der Waals surface area contributed by atoms with Crippen LogP contribution in [0.3, 0.4) is 0 Å². The molecule has 1 fully saturated rings. The Morgan fingerprint density at radius 1 is 1.14 bits per heavy atom. The zero-order valence-corrected chi connectivity index (χ0v) is 16.5. The average Bonchev–Trinajstić information content (AvgIpc) is 3.12. The molecule has 1 aromatic carbocycles. The van der Waals surface area contributed by atoms with E-state index in [0.717, 1.165) is 24.3 Å². The standard InChI is InChI=1S/C22H26N4O2/c1-15-12-26(13-16(2)28-15)19-9-7-18(8-10-19)17(3)23-22(27)20-14-25-11-5-4-6-21(25)24-20/h4-11,14-17H,12-13H2,1-3H3,(H,23,27)/t15-,16+,17-/m1/s1. The lowest BCUT2D eigenvalue weighted by Crippen LogP contribution is -2.45. The number of ether oxygens (including phenoxy) is 1. The lowest BCUT2D eigenvalue weighted by atomic mass is 10.1. The summed E-state index contributed by atoms with van der Waals surface area (Å²) >= 11 is 0. The second-order valence-corrected chi connectivity index (χ2v) is 7.54. The first kappa shape index (κ1) is 18.5. The summed E-state index contributed by atoms with van der Waals surface area (Å²) in [6, 6.07) is 14.0. The van der Waals surface area contributed by atoms with Gasteiger partial charge in [0.15, 0.2) is 0 Å². The number of carbonyl (C=O) groups excluding carboxylic acids is 1. The fourth-order valence-electron chi connectivity index (χ4n) is 3.76. The van der Waals surface area contributed by atoms with Crippen molar-refractivity contribution in [3.63, 3.8) is 0 Å². The number of amides is 1. The highest BCUT2D eigenvalue weighted by Crippen LogP contribution is 2.23. The van der Waals surface area contributed by atoms with Crippen LogP contribution in [0.15, 0.2) is 54.9 Å². The number of hydrogen-bond acceptors (Lipinski definition) is 4. The molecule has 1 amide bonds. The summed E-state index contributed by atoms with van der Waals surface area (Å²) < 4.78 is 7.66. The third kappa shape index (κ3) is 3.87. The average molecular weight is 378 g/mol. The van der Waals surface area contributed by atoms with Gasteiger partial charge in [0.2, 0.25) is 0 Å². The minimum Gasteiger partial charge on any atom is -0.372 e. The first-order valence-corrected chi connectivity index (χ1v) is 9.74. The number of rotatable bonds is 4. The number of fused-ring (bicyclic) bond motifs is 1. The lowest BCUT2D eigenvalue weighted by Gasteiger charge is -2.37. The van der Waals surface area contributed by atoms with Gasteiger partial charge in [0, 0.05) is 31.2 Å². The van der Waals surface area contributed by atoms with E-state index in [9.17, 15) is 4.79 Å². The van der Waals surface area contributed by atoms with Crippen molar-refractivity contribution in [2.45, 2.75) is 39.0 Å². The molecule has 3 aromatic rings. The molecule has 1 saturated heterocycles. The molecule has 3 heterocycles. The van der Waals surface area contributed by atoms with Crippen LogP contribution in [0.2, 0.25) is 0 Å². The van der Waals surface area contributed by atoms with Crippen LogP contribution in [0.25, 0.3) is 5.65 Å². The van der Waals surface area contributed by atoms with Crippen molar-refractivity contribution >= 4 is 17.2 Å². The van der Waals surface area contributed by atoms with Crippen LogP contribution in [0.5, 0.6) is 0 Å². The number of benzene rings is 1. The number of carbonyl (C=O) groups is 1. The molecule has 0 aliphatic carbocycles. The first-order chi connectivity index (χ1) is 13.5. The van der Waals surface area contributed by atoms with Crippen molar-refractivity contribution in [2.75, 3.05) is 18.0 Å². The maximum Gasteiger partial charge on any atom is 0.271 e. The van der Waals surface area contributed by atoms with Gasteiger partial charge < -0.3 is 19.4 Å². The van der Waals surface area contributed by atoms with Gasteiger partial charge in [0.25, 0.3) is 5.91 Å². The highest BCUT2D eigenvalue weighted by atomic mass is 16.5. The van der Waals surface area contributed by atoms with Gasteiger partial charge in [0.05, 0.1) is 18.2 Å². The Morgan fingerprint density at radius 3 is 2.54 bits per heavy atom. The van der Waals surface area contributed by atoms with E-state index in [2.05, 4.69) is 53.3 Å². The molecule has 1 aliphatic rings. The molecule has 1 aliphatic heterocycles. The largest absolute Gasteiger partial charge is 0.372 e. The minimum absolute atomic E-state index is 0.103. The summed E-state index contributed by atoms with van der Waals surface area (Å²) in [4.78, 5) is 19.3. The van der Waals surface area contributed by atoms with Crippen molar-refractivity contribution in [2.24, 2.45) is 0 Å². The molecule has 3 atom stereocenters. The SMILES string of the molecule is C[C@@H]1CN(c2ccc([C@@H](C)NC(=O)c3cn4ccccc4n3)cc2)C[C@H](C)O1. The third-order valence-corrected chi connectivity index (χ3v) is 5.12. The van der Waals surface area contributed by atoms with Crippen molar-refractivity contribution in [1.29, 1.82) is 0 Å². The molecular formula is C22H26N4O2. The van der Waals surface area contributed by atoms with Crippen LogP contribution in [0.1, 0.15) is 42.9 Å². The van der Waals surface area contributed by atoms with E-state index in [-0.39, 0.29) is 24.2 Å². The summed E-state index contributed by atoms with van der Waals surface area (Å²) in [5, 5.41) is 3.04. The number of anilines is 1. The fourth-order valence-corrected chi connectivity index (χ4v) is 3.76. The second-order valence-electron chi connectivity index (χ2n) is 7.54. The van der Waals surface area contributed by atoms with Crippen LogP contribution in [-0.4, -0.2) is 40.6 Å². The maximum atomic E-state index is 12.6. The third-order valence-electron chi connectivity index (χ3n) is 5.12. The van der Waals surface area contributed by atoms with Crippen molar-refractivity contribution < 1.29 is 9.53 Å². The number of pyridine rings is 1. The topological polar surface area (TPSA) is 58.9 Å². The summed E-state index contributed by atoms with van der Waals surface area (Å²) in [6.07, 6.45) is 4.09. The van der Waals surface area contributed by atoms with Crippen molar-refractivity contribution in [1.82, 2.24) is 14.7 Å². The Bertz CT molecular complexity index is 923. The quantitative estimate of drug-likeness (QED) is 0.756. The van der Waals surface area contributed by atoms with Gasteiger partial charge in [-0.3, -0.25) is 4.79 Å². The zero-order chi connectivity index (χ0) is 19.7. The van der Waals surface area contributed by atoms with Crippen LogP contribution in [-0.2, 0) is 4.74 Å². The number of morpholine rings is 1. The number of imidazole rings is 1. The smallest absolute Gasteiger partial charge is 0.271 e. The van der Waals surface area contributed by atoms with E-state index < -0.39 is 0 Å². The Morgan fingerprint density at radius 2 is 1.86 bits per heavy atom. The van der Waals surface area contributed by atoms with Crippen LogP contribution in [0.4, 0.5) is 5.69 Å². The first-order valence-electron chi connectivity index (χ1n) is 9.74. The van der Waals surface area contributed by atoms with Crippen LogP contribution in [0, 0.1) is 0 Å². The highest BCUT2D eigenvalue weighted by molar-refractivity contribution is 5.93. The Labute approximate surface area is 165 Å². The summed E-state index contributed by atoms with van der Waals surface area (Å²) in [5.41, 5.74) is 3.43. The summed E-state index contributed by atoms with van der Waals surface area (Å²) in [6.45, 7) is 7.98. The maximum absolute atomic E-state index is 12.6. The van der Waals surface area contributed by atoms with Gasteiger partial charge in [0.1, 0.15) is 11.3 Å². The van der Waals surface area contributed by atoms with Gasteiger partial charge in [-0.25, -0.2) is 4.98 Å². The van der Waals surface area contributed by atoms with E-state index >= 15 is 0 Å². The van der Waals surface area contributed by atoms with Gasteiger partial charge in [-0.15, -0.1) is 0 Å². The molecule has 28 heavy (non-hydrogen) atoms.